The summed E-state index contributed by atoms with van der Waals surface area (Å²) in [5.74, 6) is 0.125. The molecule has 2 heterocycles. The molecule has 0 aromatic carbocycles. The lowest BCUT2D eigenvalue weighted by atomic mass is 9.71. The van der Waals surface area contributed by atoms with E-state index in [1.807, 2.05) is 4.90 Å². The van der Waals surface area contributed by atoms with Crippen molar-refractivity contribution in [3.8, 4) is 0 Å². The highest BCUT2D eigenvalue weighted by Crippen LogP contribution is 2.39. The largest absolute Gasteiger partial charge is 0.399 e. The zero-order valence-corrected chi connectivity index (χ0v) is 11.6. The number of likely N-dealkylation sites (tertiary alicyclic amines) is 1. The third-order valence-corrected chi connectivity index (χ3v) is 4.72. The Hall–Kier alpha value is -1.62. The topological polar surface area (TPSA) is 79.5 Å². The van der Waals surface area contributed by atoms with Gasteiger partial charge in [-0.1, -0.05) is 12.8 Å². The Morgan fingerprint density at radius 3 is 3.10 bits per heavy atom. The van der Waals surface area contributed by atoms with Crippen LogP contribution in [0.2, 0.25) is 0 Å². The van der Waals surface area contributed by atoms with E-state index in [9.17, 15) is 9.90 Å². The molecule has 3 N–H and O–H groups in total. The molecule has 0 bridgehead atoms. The summed E-state index contributed by atoms with van der Waals surface area (Å²) < 4.78 is 0. The minimum Gasteiger partial charge on any atom is -0.399 e. The third-order valence-electron chi connectivity index (χ3n) is 4.72. The van der Waals surface area contributed by atoms with Crippen molar-refractivity contribution in [2.45, 2.75) is 37.7 Å². The number of nitrogens with two attached hydrogens (primary N) is 1. The Bertz CT molecular complexity index is 520. The molecule has 2 atom stereocenters. The van der Waals surface area contributed by atoms with Crippen molar-refractivity contribution in [1.82, 2.24) is 9.88 Å². The molecule has 108 valence electrons. The number of carbonyl (C=O) groups excluding carboxylic acids is 1. The summed E-state index contributed by atoms with van der Waals surface area (Å²) in [6.45, 7) is 1.23. The van der Waals surface area contributed by atoms with Gasteiger partial charge in [-0.2, -0.15) is 0 Å². The number of hydrogen-bond donors (Lipinski definition) is 2. The lowest BCUT2D eigenvalue weighted by Crippen LogP contribution is -2.54. The van der Waals surface area contributed by atoms with Crippen LogP contribution in [-0.4, -0.2) is 39.6 Å². The van der Waals surface area contributed by atoms with Crippen LogP contribution in [0.3, 0.4) is 0 Å². The van der Waals surface area contributed by atoms with Gasteiger partial charge in [-0.05, 0) is 31.4 Å². The van der Waals surface area contributed by atoms with Gasteiger partial charge in [0.2, 0.25) is 0 Å². The summed E-state index contributed by atoms with van der Waals surface area (Å²) in [5, 5.41) is 10.6. The molecule has 2 fully saturated rings. The number of pyridine rings is 1. The number of carbonyl (C=O) groups is 1. The Labute approximate surface area is 118 Å². The van der Waals surface area contributed by atoms with Crippen LogP contribution in [0.25, 0.3) is 0 Å². The summed E-state index contributed by atoms with van der Waals surface area (Å²) in [4.78, 5) is 18.4. The maximum atomic E-state index is 12.5. The number of nitrogen functional groups attached to an aromatic ring is 1. The molecule has 2 aliphatic rings. The summed E-state index contributed by atoms with van der Waals surface area (Å²) in [6.07, 6.45) is 6.35. The normalized spacial score (nSPS) is 29.9. The number of hydrogen-bond acceptors (Lipinski definition) is 4. The second-order valence-electron chi connectivity index (χ2n) is 6.02. The molecular weight excluding hydrogens is 254 g/mol. The van der Waals surface area contributed by atoms with E-state index in [4.69, 9.17) is 5.73 Å². The number of piperidine rings is 1. The van der Waals surface area contributed by atoms with Gasteiger partial charge in [0.1, 0.15) is 5.69 Å². The molecule has 3 rings (SSSR count). The maximum Gasteiger partial charge on any atom is 0.272 e. The van der Waals surface area contributed by atoms with E-state index < -0.39 is 5.60 Å². The fourth-order valence-electron chi connectivity index (χ4n) is 3.48. The highest BCUT2D eigenvalue weighted by Gasteiger charge is 2.43. The van der Waals surface area contributed by atoms with Gasteiger partial charge in [0.15, 0.2) is 0 Å². The molecule has 1 saturated carbocycles. The Kier molecular flexibility index (Phi) is 3.38. The lowest BCUT2D eigenvalue weighted by Gasteiger charge is -2.47. The van der Waals surface area contributed by atoms with Gasteiger partial charge < -0.3 is 15.7 Å². The second-order valence-corrected chi connectivity index (χ2v) is 6.02. The van der Waals surface area contributed by atoms with Crippen molar-refractivity contribution in [1.29, 1.82) is 0 Å². The number of fused-ring (bicyclic) bond motifs is 1. The van der Waals surface area contributed by atoms with Gasteiger partial charge in [-0.3, -0.25) is 9.78 Å². The van der Waals surface area contributed by atoms with Crippen LogP contribution in [0.1, 0.15) is 42.6 Å². The highest BCUT2D eigenvalue weighted by molar-refractivity contribution is 5.93. The Morgan fingerprint density at radius 1 is 1.45 bits per heavy atom. The predicted octanol–water partition coefficient (Wildman–Crippen LogP) is 1.43. The first kappa shape index (κ1) is 13.4. The van der Waals surface area contributed by atoms with E-state index in [-0.39, 0.29) is 11.8 Å². The smallest absolute Gasteiger partial charge is 0.272 e. The number of rotatable bonds is 1. The van der Waals surface area contributed by atoms with Crippen LogP contribution < -0.4 is 5.73 Å². The predicted molar refractivity (Wildman–Crippen MR) is 76.1 cm³/mol. The van der Waals surface area contributed by atoms with Crippen LogP contribution in [0, 0.1) is 5.92 Å². The molecule has 1 aliphatic carbocycles. The molecule has 0 radical (unpaired) electrons. The zero-order chi connectivity index (χ0) is 14.2. The van der Waals surface area contributed by atoms with E-state index >= 15 is 0 Å². The molecule has 2 unspecified atom stereocenters. The van der Waals surface area contributed by atoms with Crippen molar-refractivity contribution < 1.29 is 9.90 Å². The number of anilines is 1. The molecule has 1 aliphatic heterocycles. The van der Waals surface area contributed by atoms with Crippen molar-refractivity contribution in [2.24, 2.45) is 5.92 Å². The third kappa shape index (κ3) is 2.38. The molecule has 1 aromatic heterocycles. The van der Waals surface area contributed by atoms with Crippen LogP contribution in [0.15, 0.2) is 18.3 Å². The summed E-state index contributed by atoms with van der Waals surface area (Å²) in [7, 11) is 0. The van der Waals surface area contributed by atoms with E-state index in [1.165, 1.54) is 0 Å². The van der Waals surface area contributed by atoms with Gasteiger partial charge in [-0.25, -0.2) is 0 Å². The monoisotopic (exact) mass is 275 g/mol. The van der Waals surface area contributed by atoms with E-state index in [2.05, 4.69) is 4.98 Å². The van der Waals surface area contributed by atoms with Gasteiger partial charge in [0.25, 0.3) is 5.91 Å². The molecule has 0 spiro atoms. The van der Waals surface area contributed by atoms with Crippen LogP contribution in [0.4, 0.5) is 5.69 Å². The van der Waals surface area contributed by atoms with Crippen LogP contribution >= 0.6 is 0 Å². The average Bonchev–Trinajstić information content (AvgIpc) is 2.45. The van der Waals surface area contributed by atoms with E-state index in [0.717, 1.165) is 25.7 Å². The quantitative estimate of drug-likeness (QED) is 0.812. The van der Waals surface area contributed by atoms with E-state index in [0.29, 0.717) is 30.9 Å². The summed E-state index contributed by atoms with van der Waals surface area (Å²) in [5.41, 5.74) is 6.09. The molecule has 5 heteroatoms. The fourth-order valence-corrected chi connectivity index (χ4v) is 3.48. The minimum absolute atomic E-state index is 0.0788. The first-order chi connectivity index (χ1) is 9.58. The molecule has 20 heavy (non-hydrogen) atoms. The van der Waals surface area contributed by atoms with Crippen molar-refractivity contribution >= 4 is 11.6 Å². The standard InChI is InChI=1S/C15H21N3O2/c16-12-4-7-17-13(9-12)14(19)18-8-6-15(20)5-2-1-3-11(15)10-18/h4,7,9,11,20H,1-3,5-6,8,10H2,(H2,16,17). The number of aliphatic hydroxyl groups is 1. The average molecular weight is 275 g/mol. The van der Waals surface area contributed by atoms with Gasteiger partial charge in [0.05, 0.1) is 5.60 Å². The highest BCUT2D eigenvalue weighted by atomic mass is 16.3. The van der Waals surface area contributed by atoms with Gasteiger partial charge >= 0.3 is 0 Å². The maximum absolute atomic E-state index is 12.5. The number of amides is 1. The fraction of sp³-hybridized carbons (Fsp3) is 0.600. The molecule has 1 saturated heterocycles. The summed E-state index contributed by atoms with van der Waals surface area (Å²) >= 11 is 0. The number of nitrogens with zero attached hydrogens (tertiary/aromatic N) is 2. The molecular formula is C15H21N3O2. The summed E-state index contributed by atoms with van der Waals surface area (Å²) in [6, 6.07) is 3.29. The van der Waals surface area contributed by atoms with Crippen LogP contribution in [-0.2, 0) is 0 Å². The first-order valence-electron chi connectivity index (χ1n) is 7.32. The SMILES string of the molecule is Nc1ccnc(C(=O)N2CCC3(O)CCCCC3C2)c1. The van der Waals surface area contributed by atoms with Crippen molar-refractivity contribution in [2.75, 3.05) is 18.8 Å². The molecule has 1 aromatic rings. The Morgan fingerprint density at radius 2 is 2.30 bits per heavy atom. The molecule has 1 amide bonds. The second kappa shape index (κ2) is 5.05. The lowest BCUT2D eigenvalue weighted by molar-refractivity contribution is -0.0886. The minimum atomic E-state index is -0.557. The van der Waals surface area contributed by atoms with Crippen molar-refractivity contribution in [3.63, 3.8) is 0 Å². The van der Waals surface area contributed by atoms with Gasteiger partial charge in [0, 0.05) is 30.9 Å². The van der Waals surface area contributed by atoms with E-state index in [1.54, 1.807) is 18.3 Å². The zero-order valence-electron chi connectivity index (χ0n) is 11.6. The molecule has 5 nitrogen and oxygen atoms in total. The van der Waals surface area contributed by atoms with Crippen molar-refractivity contribution in [3.05, 3.63) is 24.0 Å². The number of aromatic nitrogens is 1. The Balaban J connectivity index is 1.74. The van der Waals surface area contributed by atoms with Gasteiger partial charge in [-0.15, -0.1) is 0 Å². The van der Waals surface area contributed by atoms with Crippen LogP contribution in [0.5, 0.6) is 0 Å². The first-order valence-corrected chi connectivity index (χ1v) is 7.32.